The Balaban J connectivity index is 2.77. The molecule has 80 valence electrons. The zero-order chi connectivity index (χ0) is 11.0. The van der Waals surface area contributed by atoms with Crippen LogP contribution >= 0.6 is 0 Å². The molecule has 0 aromatic carbocycles. The summed E-state index contributed by atoms with van der Waals surface area (Å²) in [4.78, 5) is 8.77. The maximum atomic E-state index is 5.34. The van der Waals surface area contributed by atoms with Crippen molar-refractivity contribution in [1.29, 1.82) is 0 Å². The van der Waals surface area contributed by atoms with Gasteiger partial charge >= 0.3 is 0 Å². The predicted octanol–water partition coefficient (Wildman–Crippen LogP) is 2.17. The normalized spacial score (nSPS) is 11.3. The summed E-state index contributed by atoms with van der Waals surface area (Å²) in [6.07, 6.45) is 1.78. The lowest BCUT2D eigenvalue weighted by atomic mass is 10.2. The highest BCUT2D eigenvalue weighted by molar-refractivity contribution is 5.43. The van der Waals surface area contributed by atoms with Gasteiger partial charge in [0.1, 0.15) is 5.82 Å². The molecule has 0 saturated carbocycles. The molecule has 4 heteroatoms. The van der Waals surface area contributed by atoms with Crippen molar-refractivity contribution in [3.63, 3.8) is 0 Å². The first kappa shape index (κ1) is 9.96. The van der Waals surface area contributed by atoms with Crippen molar-refractivity contribution in [2.24, 2.45) is 0 Å². The van der Waals surface area contributed by atoms with Crippen molar-refractivity contribution in [2.75, 3.05) is 7.11 Å². The van der Waals surface area contributed by atoms with E-state index in [1.165, 1.54) is 0 Å². The van der Waals surface area contributed by atoms with Crippen LogP contribution in [0.4, 0.5) is 0 Å². The fourth-order valence-corrected chi connectivity index (χ4v) is 1.68. The van der Waals surface area contributed by atoms with E-state index < -0.39 is 0 Å². The zero-order valence-corrected chi connectivity index (χ0v) is 9.48. The van der Waals surface area contributed by atoms with Gasteiger partial charge in [0, 0.05) is 17.7 Å². The van der Waals surface area contributed by atoms with Gasteiger partial charge in [-0.05, 0) is 6.92 Å². The van der Waals surface area contributed by atoms with Gasteiger partial charge in [-0.3, -0.25) is 4.40 Å². The summed E-state index contributed by atoms with van der Waals surface area (Å²) in [5, 5.41) is 0. The fraction of sp³-hybridized carbons (Fsp3) is 0.455. The quantitative estimate of drug-likeness (QED) is 0.754. The van der Waals surface area contributed by atoms with Crippen LogP contribution in [0.2, 0.25) is 0 Å². The molecule has 0 aliphatic heterocycles. The second kappa shape index (κ2) is 3.53. The predicted molar refractivity (Wildman–Crippen MR) is 58.4 cm³/mol. The number of rotatable bonds is 2. The van der Waals surface area contributed by atoms with Crippen LogP contribution in [0.3, 0.4) is 0 Å². The molecule has 0 aliphatic carbocycles. The van der Waals surface area contributed by atoms with Crippen molar-refractivity contribution in [3.8, 4) is 5.88 Å². The number of hydrogen-bond donors (Lipinski definition) is 0. The van der Waals surface area contributed by atoms with E-state index >= 15 is 0 Å². The average Bonchev–Trinajstić information content (AvgIpc) is 2.59. The molecule has 0 atom stereocenters. The molecule has 2 aromatic heterocycles. The smallest absolute Gasteiger partial charge is 0.202 e. The molecule has 4 nitrogen and oxygen atoms in total. The first-order chi connectivity index (χ1) is 7.13. The number of methoxy groups -OCH3 is 1. The minimum atomic E-state index is 0.353. The Kier molecular flexibility index (Phi) is 2.34. The SMILES string of the molecule is COc1cc(C)nc2cnc(C(C)C)n12. The van der Waals surface area contributed by atoms with Crippen molar-refractivity contribution in [1.82, 2.24) is 14.4 Å². The molecule has 2 rings (SSSR count). The van der Waals surface area contributed by atoms with Crippen LogP contribution in [0.5, 0.6) is 5.88 Å². The van der Waals surface area contributed by atoms with Crippen molar-refractivity contribution in [3.05, 3.63) is 23.8 Å². The molecule has 0 unspecified atom stereocenters. The topological polar surface area (TPSA) is 39.4 Å². The minimum Gasteiger partial charge on any atom is -0.482 e. The third-order valence-electron chi connectivity index (χ3n) is 2.34. The summed E-state index contributed by atoms with van der Waals surface area (Å²) in [7, 11) is 1.66. The van der Waals surface area contributed by atoms with Crippen LogP contribution < -0.4 is 4.74 Å². The molecule has 15 heavy (non-hydrogen) atoms. The highest BCUT2D eigenvalue weighted by Gasteiger charge is 2.12. The zero-order valence-electron chi connectivity index (χ0n) is 9.48. The molecule has 0 saturated heterocycles. The van der Waals surface area contributed by atoms with Crippen molar-refractivity contribution < 1.29 is 4.74 Å². The maximum absolute atomic E-state index is 5.34. The lowest BCUT2D eigenvalue weighted by molar-refractivity contribution is 0.387. The van der Waals surface area contributed by atoms with Gasteiger partial charge in [-0.1, -0.05) is 13.8 Å². The Bertz CT molecular complexity index is 488. The van der Waals surface area contributed by atoms with Gasteiger partial charge in [-0.25, -0.2) is 9.97 Å². The Labute approximate surface area is 88.9 Å². The molecule has 0 fully saturated rings. The summed E-state index contributed by atoms with van der Waals surface area (Å²) in [5.41, 5.74) is 1.78. The van der Waals surface area contributed by atoms with E-state index in [-0.39, 0.29) is 0 Å². The minimum absolute atomic E-state index is 0.353. The number of nitrogens with zero attached hydrogens (tertiary/aromatic N) is 3. The number of fused-ring (bicyclic) bond motifs is 1. The molecule has 0 radical (unpaired) electrons. The van der Waals surface area contributed by atoms with Gasteiger partial charge in [0.05, 0.1) is 13.3 Å². The summed E-state index contributed by atoms with van der Waals surface area (Å²) in [5.74, 6) is 2.12. The number of ether oxygens (including phenoxy) is 1. The Morgan fingerprint density at radius 2 is 2.13 bits per heavy atom. The van der Waals surface area contributed by atoms with E-state index in [0.717, 1.165) is 23.0 Å². The van der Waals surface area contributed by atoms with Crippen LogP contribution in [-0.2, 0) is 0 Å². The molecule has 2 aromatic rings. The van der Waals surface area contributed by atoms with Gasteiger partial charge in [-0.15, -0.1) is 0 Å². The van der Waals surface area contributed by atoms with Crippen LogP contribution in [0, 0.1) is 6.92 Å². The van der Waals surface area contributed by atoms with E-state index in [1.54, 1.807) is 13.3 Å². The van der Waals surface area contributed by atoms with E-state index in [2.05, 4.69) is 23.8 Å². The monoisotopic (exact) mass is 205 g/mol. The summed E-state index contributed by atoms with van der Waals surface area (Å²) in [6, 6.07) is 1.92. The first-order valence-corrected chi connectivity index (χ1v) is 5.02. The summed E-state index contributed by atoms with van der Waals surface area (Å²) < 4.78 is 7.30. The second-order valence-corrected chi connectivity index (χ2v) is 3.90. The fourth-order valence-electron chi connectivity index (χ4n) is 1.68. The Hall–Kier alpha value is -1.58. The largest absolute Gasteiger partial charge is 0.482 e. The molecule has 0 bridgehead atoms. The van der Waals surface area contributed by atoms with Gasteiger partial charge in [0.25, 0.3) is 0 Å². The van der Waals surface area contributed by atoms with E-state index in [0.29, 0.717) is 5.92 Å². The summed E-state index contributed by atoms with van der Waals surface area (Å²) in [6.45, 7) is 6.16. The molecule has 0 N–H and O–H groups in total. The average molecular weight is 205 g/mol. The van der Waals surface area contributed by atoms with Crippen LogP contribution in [-0.4, -0.2) is 21.5 Å². The number of imidazole rings is 1. The van der Waals surface area contributed by atoms with Crippen molar-refractivity contribution >= 4 is 5.65 Å². The molecular formula is C11H15N3O. The standard InChI is InChI=1S/C11H15N3O/c1-7(2)11-12-6-9-13-8(3)5-10(15-4)14(9)11/h5-7H,1-4H3. The van der Waals surface area contributed by atoms with Gasteiger partial charge in [0.2, 0.25) is 5.88 Å². The van der Waals surface area contributed by atoms with Gasteiger partial charge in [-0.2, -0.15) is 0 Å². The molecule has 0 spiro atoms. The maximum Gasteiger partial charge on any atom is 0.202 e. The number of hydrogen-bond acceptors (Lipinski definition) is 3. The lowest BCUT2D eigenvalue weighted by Crippen LogP contribution is -2.03. The van der Waals surface area contributed by atoms with E-state index in [4.69, 9.17) is 4.74 Å². The van der Waals surface area contributed by atoms with Gasteiger partial charge in [0.15, 0.2) is 5.65 Å². The van der Waals surface area contributed by atoms with E-state index in [9.17, 15) is 0 Å². The molecule has 2 heterocycles. The number of aromatic nitrogens is 3. The van der Waals surface area contributed by atoms with E-state index in [1.807, 2.05) is 17.4 Å². The highest BCUT2D eigenvalue weighted by Crippen LogP contribution is 2.21. The molecular weight excluding hydrogens is 190 g/mol. The van der Waals surface area contributed by atoms with Crippen LogP contribution in [0.25, 0.3) is 5.65 Å². The Morgan fingerprint density at radius 1 is 1.40 bits per heavy atom. The molecule has 0 amide bonds. The highest BCUT2D eigenvalue weighted by atomic mass is 16.5. The second-order valence-electron chi connectivity index (χ2n) is 3.90. The third-order valence-corrected chi connectivity index (χ3v) is 2.34. The number of aryl methyl sites for hydroxylation is 1. The van der Waals surface area contributed by atoms with Crippen molar-refractivity contribution in [2.45, 2.75) is 26.7 Å². The first-order valence-electron chi connectivity index (χ1n) is 5.02. The lowest BCUT2D eigenvalue weighted by Gasteiger charge is -2.09. The van der Waals surface area contributed by atoms with Crippen LogP contribution in [0.1, 0.15) is 31.3 Å². The van der Waals surface area contributed by atoms with Crippen LogP contribution in [0.15, 0.2) is 12.3 Å². The molecule has 0 aliphatic rings. The van der Waals surface area contributed by atoms with Gasteiger partial charge < -0.3 is 4.74 Å². The third kappa shape index (κ3) is 1.56. The summed E-state index contributed by atoms with van der Waals surface area (Å²) >= 11 is 0. The Morgan fingerprint density at radius 3 is 2.73 bits per heavy atom.